The quantitative estimate of drug-likeness (QED) is 0.714. The second-order valence-electron chi connectivity index (χ2n) is 7.29. The van der Waals surface area contributed by atoms with Crippen molar-refractivity contribution in [1.82, 2.24) is 9.88 Å². The minimum Gasteiger partial charge on any atom is -0.480 e. The van der Waals surface area contributed by atoms with E-state index in [1.165, 1.54) is 4.90 Å². The van der Waals surface area contributed by atoms with E-state index in [9.17, 15) is 9.59 Å². The minimum absolute atomic E-state index is 0.0673. The van der Waals surface area contributed by atoms with E-state index in [1.54, 1.807) is 42.5 Å². The van der Waals surface area contributed by atoms with Gasteiger partial charge in [0.25, 0.3) is 5.91 Å². The van der Waals surface area contributed by atoms with Crippen molar-refractivity contribution in [1.29, 1.82) is 0 Å². The van der Waals surface area contributed by atoms with Gasteiger partial charge in [-0.3, -0.25) is 14.5 Å². The summed E-state index contributed by atoms with van der Waals surface area (Å²) >= 11 is 12.2. The van der Waals surface area contributed by atoms with E-state index in [0.717, 1.165) is 24.0 Å². The molecule has 1 fully saturated rings. The first kappa shape index (κ1) is 20.9. The van der Waals surface area contributed by atoms with Crippen LogP contribution in [0.15, 0.2) is 30.5 Å². The van der Waals surface area contributed by atoms with Crippen LogP contribution in [0, 0.1) is 0 Å². The van der Waals surface area contributed by atoms with Gasteiger partial charge < -0.3 is 14.4 Å². The van der Waals surface area contributed by atoms with Crippen molar-refractivity contribution in [3.05, 3.63) is 40.5 Å². The molecule has 1 saturated heterocycles. The number of rotatable bonds is 4. The lowest BCUT2D eigenvalue weighted by Gasteiger charge is -2.34. The number of hydrogen-bond donors (Lipinski definition) is 0. The molecule has 0 radical (unpaired) electrons. The van der Waals surface area contributed by atoms with Gasteiger partial charge in [0.2, 0.25) is 5.91 Å². The monoisotopic (exact) mass is 449 g/mol. The van der Waals surface area contributed by atoms with Crippen LogP contribution in [0.25, 0.3) is 11.1 Å². The molecule has 0 unspecified atom stereocenters. The maximum absolute atomic E-state index is 12.8. The fourth-order valence-electron chi connectivity index (χ4n) is 3.70. The van der Waals surface area contributed by atoms with Gasteiger partial charge in [-0.25, -0.2) is 4.98 Å². The number of carbonyl (C=O) groups is 2. The van der Waals surface area contributed by atoms with Crippen LogP contribution in [0.3, 0.4) is 0 Å². The van der Waals surface area contributed by atoms with Gasteiger partial charge in [-0.1, -0.05) is 23.2 Å². The Morgan fingerprint density at radius 3 is 2.53 bits per heavy atom. The van der Waals surface area contributed by atoms with Gasteiger partial charge >= 0.3 is 0 Å². The Bertz CT molecular complexity index is 956. The average molecular weight is 450 g/mol. The zero-order valence-corrected chi connectivity index (χ0v) is 17.9. The summed E-state index contributed by atoms with van der Waals surface area (Å²) in [6.45, 7) is 1.02. The highest BCUT2D eigenvalue weighted by molar-refractivity contribution is 6.35. The lowest BCUT2D eigenvalue weighted by molar-refractivity contribution is -0.134. The van der Waals surface area contributed by atoms with E-state index in [2.05, 4.69) is 4.98 Å². The van der Waals surface area contributed by atoms with Crippen molar-refractivity contribution >= 4 is 40.8 Å². The van der Waals surface area contributed by atoms with Gasteiger partial charge in [-0.2, -0.15) is 0 Å². The predicted molar refractivity (Wildman–Crippen MR) is 114 cm³/mol. The number of nitrogens with zero attached hydrogens (tertiary/aromatic N) is 3. The Morgan fingerprint density at radius 2 is 1.87 bits per heavy atom. The molecule has 7 nitrogen and oxygen atoms in total. The zero-order chi connectivity index (χ0) is 21.3. The second-order valence-corrected chi connectivity index (χ2v) is 8.16. The number of fused-ring (bicyclic) bond motifs is 1. The number of likely N-dealkylation sites (tertiary alicyclic amines) is 1. The van der Waals surface area contributed by atoms with E-state index < -0.39 is 0 Å². The number of ether oxygens (including phenoxy) is 2. The number of hydrogen-bond acceptors (Lipinski definition) is 5. The van der Waals surface area contributed by atoms with Crippen LogP contribution in [0.5, 0.6) is 5.75 Å². The molecular weight excluding hydrogens is 429 g/mol. The first-order valence-electron chi connectivity index (χ1n) is 9.65. The van der Waals surface area contributed by atoms with Gasteiger partial charge in [-0.05, 0) is 42.7 Å². The average Bonchev–Trinajstić information content (AvgIpc) is 2.74. The number of benzene rings is 1. The first-order valence-corrected chi connectivity index (χ1v) is 10.4. The Morgan fingerprint density at radius 1 is 1.17 bits per heavy atom. The van der Waals surface area contributed by atoms with E-state index in [-0.39, 0.29) is 31.1 Å². The maximum atomic E-state index is 12.8. The summed E-state index contributed by atoms with van der Waals surface area (Å²) in [4.78, 5) is 32.8. The third-order valence-electron chi connectivity index (χ3n) is 5.36. The lowest BCUT2D eigenvalue weighted by atomic mass is 10.1. The van der Waals surface area contributed by atoms with Crippen molar-refractivity contribution in [2.45, 2.75) is 18.9 Å². The van der Waals surface area contributed by atoms with Gasteiger partial charge in [-0.15, -0.1) is 0 Å². The molecule has 9 heteroatoms. The number of aromatic nitrogens is 1. The third kappa shape index (κ3) is 4.38. The fraction of sp³-hybridized carbons (Fsp3) is 0.381. The Labute approximate surface area is 184 Å². The molecular formula is C21H21Cl2N3O4. The number of methoxy groups -OCH3 is 1. The zero-order valence-electron chi connectivity index (χ0n) is 16.4. The molecule has 0 aliphatic carbocycles. The Kier molecular flexibility index (Phi) is 6.13. The van der Waals surface area contributed by atoms with Crippen LogP contribution in [0.1, 0.15) is 12.8 Å². The summed E-state index contributed by atoms with van der Waals surface area (Å²) in [6.07, 6.45) is 3.38. The molecule has 2 aliphatic rings. The molecule has 0 bridgehead atoms. The normalized spacial score (nSPS) is 17.0. The fourth-order valence-corrected chi connectivity index (χ4v) is 4.23. The summed E-state index contributed by atoms with van der Waals surface area (Å²) in [5.41, 5.74) is 1.53. The summed E-state index contributed by atoms with van der Waals surface area (Å²) in [5, 5.41) is 1.02. The van der Waals surface area contributed by atoms with E-state index >= 15 is 0 Å². The number of carbonyl (C=O) groups excluding carboxylic acids is 2. The van der Waals surface area contributed by atoms with Gasteiger partial charge in [0.1, 0.15) is 6.54 Å². The molecule has 2 aliphatic heterocycles. The molecule has 1 aromatic carbocycles. The first-order chi connectivity index (χ1) is 14.4. The molecule has 2 amide bonds. The number of amides is 2. The van der Waals surface area contributed by atoms with Gasteiger partial charge in [0, 0.05) is 42.0 Å². The summed E-state index contributed by atoms with van der Waals surface area (Å²) < 4.78 is 10.9. The Hall–Kier alpha value is -2.35. The van der Waals surface area contributed by atoms with E-state index in [1.807, 2.05) is 0 Å². The summed E-state index contributed by atoms with van der Waals surface area (Å²) in [6, 6.07) is 6.97. The molecule has 0 N–H and O–H groups in total. The SMILES string of the molecule is COC1CCN(C(=O)CN2C(=O)COc3cc(-c4cc(Cl)cc(Cl)c4)cnc32)CC1. The number of pyridine rings is 1. The number of halogens is 2. The van der Waals surface area contributed by atoms with Crippen molar-refractivity contribution in [2.24, 2.45) is 0 Å². The molecule has 30 heavy (non-hydrogen) atoms. The molecule has 0 saturated carbocycles. The van der Waals surface area contributed by atoms with Crippen LogP contribution in [-0.2, 0) is 14.3 Å². The number of anilines is 1. The van der Waals surface area contributed by atoms with Gasteiger partial charge in [0.15, 0.2) is 18.2 Å². The molecule has 4 rings (SSSR count). The van der Waals surface area contributed by atoms with Crippen LogP contribution >= 0.6 is 23.2 Å². The minimum atomic E-state index is -0.298. The highest BCUT2D eigenvalue weighted by atomic mass is 35.5. The van der Waals surface area contributed by atoms with Crippen molar-refractivity contribution in [3.8, 4) is 16.9 Å². The van der Waals surface area contributed by atoms with Gasteiger partial charge in [0.05, 0.1) is 6.10 Å². The molecule has 3 heterocycles. The maximum Gasteiger partial charge on any atom is 0.266 e. The topological polar surface area (TPSA) is 72.0 Å². The molecule has 0 spiro atoms. The second kappa shape index (κ2) is 8.79. The van der Waals surface area contributed by atoms with Crippen LogP contribution < -0.4 is 9.64 Å². The standard InChI is InChI=1S/C21H21Cl2N3O4/c1-29-17-2-4-25(5-3-17)19(27)11-26-20(28)12-30-18-8-14(10-24-21(18)26)13-6-15(22)9-16(23)7-13/h6-10,17H,2-5,11-12H2,1H3. The number of piperidine rings is 1. The van der Waals surface area contributed by atoms with Crippen molar-refractivity contribution < 1.29 is 19.1 Å². The molecule has 1 aromatic heterocycles. The summed E-state index contributed by atoms with van der Waals surface area (Å²) in [7, 11) is 1.68. The third-order valence-corrected chi connectivity index (χ3v) is 5.79. The highest BCUT2D eigenvalue weighted by Gasteiger charge is 2.31. The highest BCUT2D eigenvalue weighted by Crippen LogP contribution is 2.35. The lowest BCUT2D eigenvalue weighted by Crippen LogP contribution is -2.49. The van der Waals surface area contributed by atoms with Crippen LogP contribution in [-0.4, -0.2) is 61.2 Å². The Balaban J connectivity index is 1.54. The van der Waals surface area contributed by atoms with Crippen LogP contribution in [0.2, 0.25) is 10.0 Å². The molecule has 158 valence electrons. The van der Waals surface area contributed by atoms with Crippen molar-refractivity contribution in [3.63, 3.8) is 0 Å². The molecule has 2 aromatic rings. The van der Waals surface area contributed by atoms with Crippen molar-refractivity contribution in [2.75, 3.05) is 38.3 Å². The molecule has 0 atom stereocenters. The smallest absolute Gasteiger partial charge is 0.266 e. The largest absolute Gasteiger partial charge is 0.480 e. The summed E-state index contributed by atoms with van der Waals surface area (Å²) in [5.74, 6) is 0.365. The van der Waals surface area contributed by atoms with Crippen LogP contribution in [0.4, 0.5) is 5.82 Å². The predicted octanol–water partition coefficient (Wildman–Crippen LogP) is 3.42. The van der Waals surface area contributed by atoms with E-state index in [4.69, 9.17) is 32.7 Å². The van der Waals surface area contributed by atoms with E-state index in [0.29, 0.717) is 34.7 Å².